The van der Waals surface area contributed by atoms with E-state index >= 15 is 0 Å². The Morgan fingerprint density at radius 2 is 1.88 bits per heavy atom. The van der Waals surface area contributed by atoms with Crippen molar-refractivity contribution in [2.45, 2.75) is 52.0 Å². The number of benzene rings is 1. The maximum Gasteiger partial charge on any atom is 0.251 e. The van der Waals surface area contributed by atoms with Crippen LogP contribution in [0.1, 0.15) is 43.1 Å². The first-order valence-corrected chi connectivity index (χ1v) is 9.49. The van der Waals surface area contributed by atoms with E-state index in [9.17, 15) is 4.79 Å². The van der Waals surface area contributed by atoms with Gasteiger partial charge in [0.2, 0.25) is 0 Å². The van der Waals surface area contributed by atoms with Gasteiger partial charge in [-0.1, -0.05) is 19.1 Å². The summed E-state index contributed by atoms with van der Waals surface area (Å²) in [5.41, 5.74) is 1.98. The smallest absolute Gasteiger partial charge is 0.251 e. The van der Waals surface area contributed by atoms with E-state index in [4.69, 9.17) is 4.74 Å². The molecule has 0 radical (unpaired) electrons. The molecular weight excluding hydrogens is 314 g/mol. The van der Waals surface area contributed by atoms with Crippen LogP contribution in [0.25, 0.3) is 0 Å². The zero-order chi connectivity index (χ0) is 17.8. The van der Waals surface area contributed by atoms with Crippen LogP contribution in [0.3, 0.4) is 0 Å². The van der Waals surface area contributed by atoms with Crippen molar-refractivity contribution in [3.05, 3.63) is 35.4 Å². The highest BCUT2D eigenvalue weighted by Crippen LogP contribution is 2.16. The summed E-state index contributed by atoms with van der Waals surface area (Å²) in [5, 5.41) is 6.52. The molecule has 4 atom stereocenters. The van der Waals surface area contributed by atoms with Crippen molar-refractivity contribution in [3.63, 3.8) is 0 Å². The van der Waals surface area contributed by atoms with Crippen LogP contribution in [0.5, 0.6) is 0 Å². The number of amides is 1. The van der Waals surface area contributed by atoms with Crippen molar-refractivity contribution >= 4 is 5.91 Å². The van der Waals surface area contributed by atoms with Gasteiger partial charge in [0.25, 0.3) is 5.91 Å². The third-order valence-electron chi connectivity index (χ3n) is 5.26. The molecule has 0 bridgehead atoms. The topological polar surface area (TPSA) is 53.6 Å². The number of hydrogen-bond acceptors (Lipinski definition) is 4. The Balaban J connectivity index is 1.55. The van der Waals surface area contributed by atoms with Crippen LogP contribution in [-0.2, 0) is 11.3 Å². The van der Waals surface area contributed by atoms with Crippen LogP contribution in [-0.4, -0.2) is 55.2 Å². The lowest BCUT2D eigenvalue weighted by Crippen LogP contribution is -2.50. The van der Waals surface area contributed by atoms with Gasteiger partial charge in [-0.2, -0.15) is 0 Å². The molecule has 2 aliphatic rings. The summed E-state index contributed by atoms with van der Waals surface area (Å²) in [7, 11) is 0. The highest BCUT2D eigenvalue weighted by atomic mass is 16.5. The highest BCUT2D eigenvalue weighted by molar-refractivity contribution is 5.94. The molecule has 0 spiro atoms. The van der Waals surface area contributed by atoms with Gasteiger partial charge in [-0.05, 0) is 50.4 Å². The molecule has 2 heterocycles. The molecule has 2 N–H and O–H groups in total. The van der Waals surface area contributed by atoms with Crippen LogP contribution >= 0.6 is 0 Å². The third kappa shape index (κ3) is 5.03. The number of piperidine rings is 1. The molecule has 3 rings (SSSR count). The molecule has 138 valence electrons. The van der Waals surface area contributed by atoms with Gasteiger partial charge in [0.15, 0.2) is 0 Å². The SMILES string of the molecule is CC1CN(Cc2ccc(C(=O)NC3CNCCC3C)cc2)CC(C)O1. The summed E-state index contributed by atoms with van der Waals surface area (Å²) in [6, 6.07) is 8.25. The molecule has 0 aliphatic carbocycles. The summed E-state index contributed by atoms with van der Waals surface area (Å²) in [4.78, 5) is 14.9. The maximum atomic E-state index is 12.5. The zero-order valence-electron chi connectivity index (χ0n) is 15.6. The van der Waals surface area contributed by atoms with Gasteiger partial charge in [0, 0.05) is 37.8 Å². The van der Waals surface area contributed by atoms with Crippen molar-refractivity contribution in [1.29, 1.82) is 0 Å². The second kappa shape index (κ2) is 8.30. The van der Waals surface area contributed by atoms with E-state index in [0.717, 1.165) is 44.7 Å². The molecule has 1 aromatic rings. The van der Waals surface area contributed by atoms with E-state index in [1.807, 2.05) is 12.1 Å². The predicted molar refractivity (Wildman–Crippen MR) is 99.6 cm³/mol. The predicted octanol–water partition coefficient (Wildman–Crippen LogP) is 2.02. The largest absolute Gasteiger partial charge is 0.373 e. The molecule has 2 fully saturated rings. The van der Waals surface area contributed by atoms with Crippen molar-refractivity contribution in [2.75, 3.05) is 26.2 Å². The van der Waals surface area contributed by atoms with Crippen LogP contribution < -0.4 is 10.6 Å². The molecule has 0 aromatic heterocycles. The lowest BCUT2D eigenvalue weighted by Gasteiger charge is -2.35. The average molecular weight is 345 g/mol. The van der Waals surface area contributed by atoms with Crippen molar-refractivity contribution in [2.24, 2.45) is 5.92 Å². The van der Waals surface area contributed by atoms with Crippen LogP contribution in [0.15, 0.2) is 24.3 Å². The quantitative estimate of drug-likeness (QED) is 0.877. The number of hydrogen-bond donors (Lipinski definition) is 2. The highest BCUT2D eigenvalue weighted by Gasteiger charge is 2.24. The van der Waals surface area contributed by atoms with Crippen molar-refractivity contribution in [3.8, 4) is 0 Å². The molecule has 5 heteroatoms. The van der Waals surface area contributed by atoms with Crippen molar-refractivity contribution < 1.29 is 9.53 Å². The number of rotatable bonds is 4. The Morgan fingerprint density at radius 1 is 1.20 bits per heavy atom. The number of morpholine rings is 1. The minimum Gasteiger partial charge on any atom is -0.373 e. The normalized spacial score (nSPS) is 30.8. The van der Waals surface area contributed by atoms with Crippen LogP contribution in [0.2, 0.25) is 0 Å². The zero-order valence-corrected chi connectivity index (χ0v) is 15.6. The standard InChI is InChI=1S/C20H31N3O2/c1-14-8-9-21-10-19(14)22-20(24)18-6-4-17(5-7-18)13-23-11-15(2)25-16(3)12-23/h4-7,14-16,19,21H,8-13H2,1-3H3,(H,22,24). The molecule has 1 amide bonds. The minimum absolute atomic E-state index is 0.0284. The number of carbonyl (C=O) groups excluding carboxylic acids is 1. The molecule has 1 aromatic carbocycles. The van der Waals surface area contributed by atoms with E-state index in [0.29, 0.717) is 5.92 Å². The first kappa shape index (κ1) is 18.4. The fourth-order valence-electron chi connectivity index (χ4n) is 3.87. The molecular formula is C20H31N3O2. The Bertz CT molecular complexity index is 565. The fraction of sp³-hybridized carbons (Fsp3) is 0.650. The number of carbonyl (C=O) groups is 1. The summed E-state index contributed by atoms with van der Waals surface area (Å²) < 4.78 is 5.79. The lowest BCUT2D eigenvalue weighted by molar-refractivity contribution is -0.0704. The van der Waals surface area contributed by atoms with E-state index in [-0.39, 0.29) is 24.2 Å². The van der Waals surface area contributed by atoms with Crippen molar-refractivity contribution in [1.82, 2.24) is 15.5 Å². The van der Waals surface area contributed by atoms with Crippen LogP contribution in [0, 0.1) is 5.92 Å². The third-order valence-corrected chi connectivity index (χ3v) is 5.26. The average Bonchev–Trinajstić information content (AvgIpc) is 2.56. The molecule has 0 saturated carbocycles. The van der Waals surface area contributed by atoms with Gasteiger partial charge >= 0.3 is 0 Å². The van der Waals surface area contributed by atoms with E-state index in [2.05, 4.69) is 48.4 Å². The van der Waals surface area contributed by atoms with Gasteiger partial charge < -0.3 is 15.4 Å². The summed E-state index contributed by atoms with van der Waals surface area (Å²) in [5.74, 6) is 0.551. The van der Waals surface area contributed by atoms with Gasteiger partial charge in [0.05, 0.1) is 12.2 Å². The van der Waals surface area contributed by atoms with Crippen LogP contribution in [0.4, 0.5) is 0 Å². The summed E-state index contributed by atoms with van der Waals surface area (Å²) in [6.45, 7) is 11.2. The second-order valence-electron chi connectivity index (χ2n) is 7.70. The van der Waals surface area contributed by atoms with E-state index in [1.165, 1.54) is 5.56 Å². The minimum atomic E-state index is 0.0284. The van der Waals surface area contributed by atoms with Gasteiger partial charge in [-0.3, -0.25) is 9.69 Å². The first-order valence-electron chi connectivity index (χ1n) is 9.49. The van der Waals surface area contributed by atoms with E-state index < -0.39 is 0 Å². The Kier molecular flexibility index (Phi) is 6.10. The van der Waals surface area contributed by atoms with Gasteiger partial charge in [-0.25, -0.2) is 0 Å². The lowest BCUT2D eigenvalue weighted by atomic mass is 9.94. The molecule has 2 saturated heterocycles. The number of ether oxygens (including phenoxy) is 1. The monoisotopic (exact) mass is 345 g/mol. The number of nitrogens with one attached hydrogen (secondary N) is 2. The Labute approximate surface area is 151 Å². The first-order chi connectivity index (χ1) is 12.0. The maximum absolute atomic E-state index is 12.5. The fourth-order valence-corrected chi connectivity index (χ4v) is 3.87. The van der Waals surface area contributed by atoms with E-state index in [1.54, 1.807) is 0 Å². The molecule has 5 nitrogen and oxygen atoms in total. The number of nitrogens with zero attached hydrogens (tertiary/aromatic N) is 1. The second-order valence-corrected chi connectivity index (χ2v) is 7.70. The summed E-state index contributed by atoms with van der Waals surface area (Å²) >= 11 is 0. The molecule has 25 heavy (non-hydrogen) atoms. The Hall–Kier alpha value is -1.43. The van der Waals surface area contributed by atoms with Gasteiger partial charge in [0.1, 0.15) is 0 Å². The Morgan fingerprint density at radius 3 is 2.52 bits per heavy atom. The van der Waals surface area contributed by atoms with Gasteiger partial charge in [-0.15, -0.1) is 0 Å². The molecule has 2 aliphatic heterocycles. The molecule has 4 unspecified atom stereocenters. The summed E-state index contributed by atoms with van der Waals surface area (Å²) in [6.07, 6.45) is 1.67.